The summed E-state index contributed by atoms with van der Waals surface area (Å²) in [5, 5.41) is 8.86. The highest BCUT2D eigenvalue weighted by Crippen LogP contribution is 2.27. The van der Waals surface area contributed by atoms with Gasteiger partial charge < -0.3 is 9.47 Å². The third-order valence-electron chi connectivity index (χ3n) is 4.14. The van der Waals surface area contributed by atoms with E-state index in [-0.39, 0.29) is 18.6 Å². The molecule has 112 valence electrons. The molecule has 0 amide bonds. The third-order valence-corrected chi connectivity index (χ3v) is 4.14. The number of nitrogens with zero attached hydrogens (tertiary/aromatic N) is 3. The van der Waals surface area contributed by atoms with Crippen LogP contribution in [-0.4, -0.2) is 22.2 Å². The third kappa shape index (κ3) is 3.84. The quantitative estimate of drug-likeness (QED) is 0.832. The van der Waals surface area contributed by atoms with Crippen LogP contribution in [0.4, 0.5) is 0 Å². The largest absolute Gasteiger partial charge is 0.474 e. The second-order valence-corrected chi connectivity index (χ2v) is 5.84. The molecule has 0 aliphatic heterocycles. The second-order valence-electron chi connectivity index (χ2n) is 5.84. The summed E-state index contributed by atoms with van der Waals surface area (Å²) in [7, 11) is 0. The van der Waals surface area contributed by atoms with Crippen molar-refractivity contribution in [3.8, 4) is 17.8 Å². The van der Waals surface area contributed by atoms with Gasteiger partial charge in [-0.05, 0) is 51.4 Å². The van der Waals surface area contributed by atoms with Gasteiger partial charge in [-0.3, -0.25) is 0 Å². The Morgan fingerprint density at radius 3 is 1.86 bits per heavy atom. The van der Waals surface area contributed by atoms with Crippen LogP contribution in [0.25, 0.3) is 0 Å². The van der Waals surface area contributed by atoms with Crippen molar-refractivity contribution < 1.29 is 9.47 Å². The molecule has 0 radical (unpaired) electrons. The molecule has 5 nitrogen and oxygen atoms in total. The Hall–Kier alpha value is -1.83. The van der Waals surface area contributed by atoms with E-state index in [1.54, 1.807) is 6.07 Å². The average Bonchev–Trinajstić information content (AvgIpc) is 3.12. The highest BCUT2D eigenvalue weighted by atomic mass is 16.5. The highest BCUT2D eigenvalue weighted by molar-refractivity contribution is 5.22. The minimum atomic E-state index is 0.183. The molecule has 2 saturated carbocycles. The standard InChI is InChI=1S/C16H21N3O2/c17-10-9-14-18-15(20-12-5-1-2-6-12)11-16(19-14)21-13-7-3-4-8-13/h11-13H,1-9H2. The maximum atomic E-state index is 8.86. The molecule has 0 atom stereocenters. The van der Waals surface area contributed by atoms with Crippen molar-refractivity contribution in [3.63, 3.8) is 0 Å². The van der Waals surface area contributed by atoms with E-state index in [0.717, 1.165) is 25.7 Å². The summed E-state index contributed by atoms with van der Waals surface area (Å²) in [6.07, 6.45) is 9.85. The van der Waals surface area contributed by atoms with Crippen LogP contribution in [0.5, 0.6) is 11.8 Å². The normalized spacial score (nSPS) is 19.6. The first kappa shape index (κ1) is 14.1. The predicted octanol–water partition coefficient (Wildman–Crippen LogP) is 3.19. The zero-order valence-electron chi connectivity index (χ0n) is 12.3. The van der Waals surface area contributed by atoms with Gasteiger partial charge in [0.25, 0.3) is 0 Å². The van der Waals surface area contributed by atoms with Crippen molar-refractivity contribution >= 4 is 0 Å². The van der Waals surface area contributed by atoms with Crippen LogP contribution < -0.4 is 9.47 Å². The molecule has 21 heavy (non-hydrogen) atoms. The first-order valence-electron chi connectivity index (χ1n) is 7.92. The lowest BCUT2D eigenvalue weighted by Gasteiger charge is -2.16. The van der Waals surface area contributed by atoms with E-state index in [1.165, 1.54) is 25.7 Å². The van der Waals surface area contributed by atoms with Gasteiger partial charge in [-0.15, -0.1) is 0 Å². The molecular weight excluding hydrogens is 266 g/mol. The van der Waals surface area contributed by atoms with Crippen molar-refractivity contribution in [1.29, 1.82) is 5.26 Å². The van der Waals surface area contributed by atoms with E-state index >= 15 is 0 Å². The molecule has 1 aromatic heterocycles. The SMILES string of the molecule is N#CCc1nc(OC2CCCC2)cc(OC2CCCC2)n1. The number of ether oxygens (including phenoxy) is 2. The van der Waals surface area contributed by atoms with Crippen molar-refractivity contribution in [1.82, 2.24) is 9.97 Å². The second kappa shape index (κ2) is 6.75. The number of hydrogen-bond donors (Lipinski definition) is 0. The van der Waals surface area contributed by atoms with Gasteiger partial charge in [0.15, 0.2) is 0 Å². The molecule has 3 rings (SSSR count). The fourth-order valence-corrected chi connectivity index (χ4v) is 3.07. The van der Waals surface area contributed by atoms with E-state index in [1.807, 2.05) is 0 Å². The molecule has 2 fully saturated rings. The minimum absolute atomic E-state index is 0.183. The van der Waals surface area contributed by atoms with Crippen LogP contribution in [-0.2, 0) is 6.42 Å². The lowest BCUT2D eigenvalue weighted by atomic mass is 10.3. The van der Waals surface area contributed by atoms with Crippen molar-refractivity contribution in [3.05, 3.63) is 11.9 Å². The van der Waals surface area contributed by atoms with E-state index in [2.05, 4.69) is 16.0 Å². The number of aromatic nitrogens is 2. The van der Waals surface area contributed by atoms with E-state index in [0.29, 0.717) is 17.6 Å². The number of nitriles is 1. The summed E-state index contributed by atoms with van der Waals surface area (Å²) in [5.41, 5.74) is 0. The smallest absolute Gasteiger partial charge is 0.220 e. The van der Waals surface area contributed by atoms with Gasteiger partial charge in [0, 0.05) is 0 Å². The van der Waals surface area contributed by atoms with Gasteiger partial charge >= 0.3 is 0 Å². The summed E-state index contributed by atoms with van der Waals surface area (Å²) in [6, 6.07) is 3.86. The molecule has 0 bridgehead atoms. The summed E-state index contributed by atoms with van der Waals surface area (Å²) < 4.78 is 11.9. The van der Waals surface area contributed by atoms with Crippen molar-refractivity contribution in [2.75, 3.05) is 0 Å². The topological polar surface area (TPSA) is 68.0 Å². The van der Waals surface area contributed by atoms with Crippen LogP contribution in [0, 0.1) is 11.3 Å². The Morgan fingerprint density at radius 2 is 1.43 bits per heavy atom. The van der Waals surface area contributed by atoms with Gasteiger partial charge in [-0.2, -0.15) is 15.2 Å². The van der Waals surface area contributed by atoms with Gasteiger partial charge in [0.1, 0.15) is 18.0 Å². The van der Waals surface area contributed by atoms with Gasteiger partial charge in [0.05, 0.1) is 18.6 Å². The Labute approximate surface area is 125 Å². The van der Waals surface area contributed by atoms with E-state index in [4.69, 9.17) is 14.7 Å². The molecule has 0 spiro atoms. The Balaban J connectivity index is 1.73. The maximum absolute atomic E-state index is 8.86. The number of hydrogen-bond acceptors (Lipinski definition) is 5. The monoisotopic (exact) mass is 287 g/mol. The van der Waals surface area contributed by atoms with Crippen LogP contribution in [0.3, 0.4) is 0 Å². The summed E-state index contributed by atoms with van der Waals surface area (Å²) >= 11 is 0. The average molecular weight is 287 g/mol. The van der Waals surface area contributed by atoms with Crippen LogP contribution in [0.1, 0.15) is 57.2 Å². The highest BCUT2D eigenvalue weighted by Gasteiger charge is 2.20. The first-order chi connectivity index (χ1) is 10.3. The van der Waals surface area contributed by atoms with Crippen molar-refractivity contribution in [2.45, 2.75) is 70.0 Å². The molecule has 0 unspecified atom stereocenters. The van der Waals surface area contributed by atoms with Gasteiger partial charge in [-0.1, -0.05) is 0 Å². The molecule has 0 saturated heterocycles. The summed E-state index contributed by atoms with van der Waals surface area (Å²) in [4.78, 5) is 8.65. The predicted molar refractivity (Wildman–Crippen MR) is 77.1 cm³/mol. The number of rotatable bonds is 5. The van der Waals surface area contributed by atoms with E-state index < -0.39 is 0 Å². The van der Waals surface area contributed by atoms with Crippen LogP contribution in [0.15, 0.2) is 6.07 Å². The Bertz CT molecular complexity index is 478. The van der Waals surface area contributed by atoms with Gasteiger partial charge in [0.2, 0.25) is 11.8 Å². The summed E-state index contributed by atoms with van der Waals surface area (Å²) in [5.74, 6) is 1.59. The molecule has 2 aliphatic carbocycles. The fourth-order valence-electron chi connectivity index (χ4n) is 3.07. The van der Waals surface area contributed by atoms with Crippen LogP contribution in [0.2, 0.25) is 0 Å². The minimum Gasteiger partial charge on any atom is -0.474 e. The maximum Gasteiger partial charge on any atom is 0.220 e. The molecule has 5 heteroatoms. The fraction of sp³-hybridized carbons (Fsp3) is 0.688. The van der Waals surface area contributed by atoms with Crippen LogP contribution >= 0.6 is 0 Å². The molecule has 2 aliphatic rings. The molecule has 1 aromatic rings. The molecular formula is C16H21N3O2. The Morgan fingerprint density at radius 1 is 0.952 bits per heavy atom. The zero-order chi connectivity index (χ0) is 14.5. The van der Waals surface area contributed by atoms with Gasteiger partial charge in [-0.25, -0.2) is 0 Å². The Kier molecular flexibility index (Phi) is 4.54. The molecule has 1 heterocycles. The summed E-state index contributed by atoms with van der Waals surface area (Å²) in [6.45, 7) is 0. The lowest BCUT2D eigenvalue weighted by molar-refractivity contribution is 0.185. The first-order valence-corrected chi connectivity index (χ1v) is 7.92. The molecule has 0 aromatic carbocycles. The zero-order valence-corrected chi connectivity index (χ0v) is 12.3. The molecule has 0 N–H and O–H groups in total. The van der Waals surface area contributed by atoms with E-state index in [9.17, 15) is 0 Å². The van der Waals surface area contributed by atoms with Crippen molar-refractivity contribution in [2.24, 2.45) is 0 Å². The lowest BCUT2D eigenvalue weighted by Crippen LogP contribution is -2.15.